The van der Waals surface area contributed by atoms with Gasteiger partial charge in [0.25, 0.3) is 5.91 Å². The Morgan fingerprint density at radius 1 is 1.31 bits per heavy atom. The molecule has 0 bridgehead atoms. The zero-order valence-corrected chi connectivity index (χ0v) is 22.3. The fourth-order valence-corrected chi connectivity index (χ4v) is 4.36. The lowest BCUT2D eigenvalue weighted by Crippen LogP contribution is -2.50. The van der Waals surface area contributed by atoms with E-state index in [1.165, 1.54) is 0 Å². The van der Waals surface area contributed by atoms with Gasteiger partial charge < -0.3 is 21.3 Å². The smallest absolute Gasteiger partial charge is 0.250 e. The van der Waals surface area contributed by atoms with Crippen molar-refractivity contribution in [1.29, 1.82) is 0 Å². The first-order valence-electron chi connectivity index (χ1n) is 12.8. The van der Waals surface area contributed by atoms with E-state index in [1.54, 1.807) is 13.0 Å². The summed E-state index contributed by atoms with van der Waals surface area (Å²) in [4.78, 5) is 17.2. The van der Waals surface area contributed by atoms with Crippen LogP contribution in [-0.4, -0.2) is 38.6 Å². The number of anilines is 3. The Kier molecular flexibility index (Phi) is 7.64. The molecular formula is C28H39N7O. The van der Waals surface area contributed by atoms with Crippen molar-refractivity contribution in [2.45, 2.75) is 78.4 Å². The van der Waals surface area contributed by atoms with Crippen LogP contribution >= 0.6 is 0 Å². The van der Waals surface area contributed by atoms with Crippen LogP contribution in [0.4, 0.5) is 17.3 Å². The van der Waals surface area contributed by atoms with E-state index in [4.69, 9.17) is 4.98 Å². The first-order chi connectivity index (χ1) is 17.1. The van der Waals surface area contributed by atoms with Gasteiger partial charge in [0, 0.05) is 47.6 Å². The number of hydrogen-bond donors (Lipinski definition) is 4. The normalized spacial score (nSPS) is 17.9. The monoisotopic (exact) mass is 489 g/mol. The van der Waals surface area contributed by atoms with Gasteiger partial charge in [-0.3, -0.25) is 4.79 Å². The molecular weight excluding hydrogens is 450 g/mol. The highest BCUT2D eigenvalue weighted by atomic mass is 16.1. The molecule has 0 unspecified atom stereocenters. The second kappa shape index (κ2) is 10.7. The third-order valence-electron chi connectivity index (χ3n) is 6.87. The van der Waals surface area contributed by atoms with Gasteiger partial charge in [-0.15, -0.1) is 0 Å². The predicted octanol–water partition coefficient (Wildman–Crippen LogP) is 5.31. The van der Waals surface area contributed by atoms with Gasteiger partial charge in [0.1, 0.15) is 11.6 Å². The van der Waals surface area contributed by atoms with Crippen molar-refractivity contribution in [1.82, 2.24) is 19.9 Å². The molecule has 36 heavy (non-hydrogen) atoms. The van der Waals surface area contributed by atoms with Crippen molar-refractivity contribution in [2.24, 2.45) is 0 Å². The summed E-state index contributed by atoms with van der Waals surface area (Å²) in [5.41, 5.74) is 4.68. The number of piperidine rings is 1. The number of hydrogen-bond acceptors (Lipinski definition) is 6. The van der Waals surface area contributed by atoms with Crippen LogP contribution in [0.5, 0.6) is 0 Å². The van der Waals surface area contributed by atoms with Crippen LogP contribution in [0.1, 0.15) is 71.4 Å². The highest BCUT2D eigenvalue weighted by molar-refractivity contribution is 6.03. The lowest BCUT2D eigenvalue weighted by molar-refractivity contribution is -0.112. The maximum Gasteiger partial charge on any atom is 0.250 e. The van der Waals surface area contributed by atoms with E-state index in [2.05, 4.69) is 54.1 Å². The standard InChI is InChI=1S/C28H39N7O/c1-7-19(4)27(36)33-21-10-8-9-20(13-21)15-29-25-14-24(32-22-11-12-28(5,6)30-16-22)34-26-23(18(2)3)17-31-35(25)26/h7-10,13-14,17-18,22,29-30H,11-12,15-16H2,1-6H3,(H,32,34)(H,33,36)/b19-7+/t22-/m0/s1. The van der Waals surface area contributed by atoms with Gasteiger partial charge in [-0.25, -0.2) is 4.98 Å². The molecule has 2 aromatic heterocycles. The molecule has 0 saturated carbocycles. The number of rotatable bonds is 8. The number of carbonyl (C=O) groups excluding carboxylic acids is 1. The second-order valence-corrected chi connectivity index (χ2v) is 10.6. The molecule has 1 atom stereocenters. The molecule has 1 fully saturated rings. The van der Waals surface area contributed by atoms with Crippen molar-refractivity contribution < 1.29 is 4.79 Å². The Labute approximate surface area is 214 Å². The minimum absolute atomic E-state index is 0.0903. The van der Waals surface area contributed by atoms with Gasteiger partial charge in [-0.1, -0.05) is 32.1 Å². The first-order valence-corrected chi connectivity index (χ1v) is 12.8. The molecule has 1 amide bonds. The molecule has 3 heterocycles. The van der Waals surface area contributed by atoms with Crippen molar-refractivity contribution in [3.8, 4) is 0 Å². The summed E-state index contributed by atoms with van der Waals surface area (Å²) in [6, 6.07) is 10.2. The largest absolute Gasteiger partial charge is 0.366 e. The van der Waals surface area contributed by atoms with Crippen LogP contribution in [0.25, 0.3) is 5.65 Å². The Morgan fingerprint density at radius 3 is 2.81 bits per heavy atom. The van der Waals surface area contributed by atoms with E-state index in [1.807, 2.05) is 48.0 Å². The quantitative estimate of drug-likeness (QED) is 0.320. The predicted molar refractivity (Wildman–Crippen MR) is 148 cm³/mol. The number of nitrogens with one attached hydrogen (secondary N) is 4. The molecule has 1 aliphatic rings. The van der Waals surface area contributed by atoms with Crippen LogP contribution < -0.4 is 21.3 Å². The van der Waals surface area contributed by atoms with Crippen LogP contribution in [-0.2, 0) is 11.3 Å². The summed E-state index contributed by atoms with van der Waals surface area (Å²) in [5, 5.41) is 18.4. The minimum Gasteiger partial charge on any atom is -0.366 e. The molecule has 0 radical (unpaired) electrons. The molecule has 3 aromatic rings. The van der Waals surface area contributed by atoms with Crippen molar-refractivity contribution in [3.63, 3.8) is 0 Å². The summed E-state index contributed by atoms with van der Waals surface area (Å²) in [6.07, 6.45) is 5.92. The number of fused-ring (bicyclic) bond motifs is 1. The average molecular weight is 490 g/mol. The topological polar surface area (TPSA) is 95.4 Å². The maximum absolute atomic E-state index is 12.2. The molecule has 0 aliphatic carbocycles. The Morgan fingerprint density at radius 2 is 2.11 bits per heavy atom. The maximum atomic E-state index is 12.2. The fraction of sp³-hybridized carbons (Fsp3) is 0.464. The van der Waals surface area contributed by atoms with Crippen LogP contribution in [0.3, 0.4) is 0 Å². The number of benzene rings is 1. The number of carbonyl (C=O) groups is 1. The van der Waals surface area contributed by atoms with Crippen molar-refractivity contribution in [3.05, 3.63) is 59.3 Å². The summed E-state index contributed by atoms with van der Waals surface area (Å²) >= 11 is 0. The van der Waals surface area contributed by atoms with Crippen molar-refractivity contribution in [2.75, 3.05) is 22.5 Å². The van der Waals surface area contributed by atoms with E-state index >= 15 is 0 Å². The van der Waals surface area contributed by atoms with E-state index in [9.17, 15) is 4.79 Å². The summed E-state index contributed by atoms with van der Waals surface area (Å²) in [6.45, 7) is 14.0. The van der Waals surface area contributed by atoms with Gasteiger partial charge in [0.05, 0.1) is 6.20 Å². The number of amides is 1. The Hall–Kier alpha value is -3.39. The molecule has 1 saturated heterocycles. The van der Waals surface area contributed by atoms with Gasteiger partial charge in [-0.05, 0) is 64.2 Å². The summed E-state index contributed by atoms with van der Waals surface area (Å²) in [5.74, 6) is 1.95. The zero-order valence-electron chi connectivity index (χ0n) is 22.3. The third kappa shape index (κ3) is 6.05. The van der Waals surface area contributed by atoms with Crippen LogP contribution in [0.15, 0.2) is 48.2 Å². The minimum atomic E-state index is -0.0903. The third-order valence-corrected chi connectivity index (χ3v) is 6.87. The van der Waals surface area contributed by atoms with Crippen molar-refractivity contribution >= 4 is 28.9 Å². The molecule has 1 aromatic carbocycles. The lowest BCUT2D eigenvalue weighted by atomic mass is 9.91. The average Bonchev–Trinajstić information content (AvgIpc) is 3.28. The fourth-order valence-electron chi connectivity index (χ4n) is 4.36. The molecule has 1 aliphatic heterocycles. The molecule has 192 valence electrons. The lowest BCUT2D eigenvalue weighted by Gasteiger charge is -2.36. The second-order valence-electron chi connectivity index (χ2n) is 10.6. The Bertz CT molecular complexity index is 1250. The molecule has 4 N–H and O–H groups in total. The molecule has 8 nitrogen and oxygen atoms in total. The molecule has 4 rings (SSSR count). The number of allylic oxidation sites excluding steroid dienone is 1. The summed E-state index contributed by atoms with van der Waals surface area (Å²) < 4.78 is 1.88. The van der Waals surface area contributed by atoms with Gasteiger partial charge >= 0.3 is 0 Å². The highest BCUT2D eigenvalue weighted by Crippen LogP contribution is 2.26. The zero-order chi connectivity index (χ0) is 25.9. The molecule has 8 heteroatoms. The van der Waals surface area contributed by atoms with Crippen LogP contribution in [0, 0.1) is 0 Å². The van der Waals surface area contributed by atoms with E-state index in [0.29, 0.717) is 24.1 Å². The van der Waals surface area contributed by atoms with E-state index in [0.717, 1.165) is 53.5 Å². The van der Waals surface area contributed by atoms with Gasteiger partial charge in [0.2, 0.25) is 0 Å². The SMILES string of the molecule is C/C=C(\C)C(=O)Nc1cccc(CNc2cc(N[C@H]3CCC(C)(C)NC3)nc3c(C(C)C)cnn23)c1. The Balaban J connectivity index is 1.55. The number of nitrogens with zero attached hydrogens (tertiary/aromatic N) is 3. The van der Waals surface area contributed by atoms with E-state index < -0.39 is 0 Å². The number of aromatic nitrogens is 3. The first kappa shape index (κ1) is 25.7. The van der Waals surface area contributed by atoms with Gasteiger partial charge in [0.15, 0.2) is 5.65 Å². The highest BCUT2D eigenvalue weighted by Gasteiger charge is 2.26. The molecule has 0 spiro atoms. The summed E-state index contributed by atoms with van der Waals surface area (Å²) in [7, 11) is 0. The van der Waals surface area contributed by atoms with E-state index in [-0.39, 0.29) is 11.4 Å². The van der Waals surface area contributed by atoms with Crippen LogP contribution in [0.2, 0.25) is 0 Å². The van der Waals surface area contributed by atoms with Gasteiger partial charge in [-0.2, -0.15) is 9.61 Å².